The normalized spacial score (nSPS) is 19.3. The molecule has 0 aliphatic carbocycles. The van der Waals surface area contributed by atoms with Gasteiger partial charge in [0, 0.05) is 6.04 Å². The number of rotatable bonds is 4. The molecule has 18 heavy (non-hydrogen) atoms. The van der Waals surface area contributed by atoms with Crippen LogP contribution in [-0.2, 0) is 0 Å². The van der Waals surface area contributed by atoms with Gasteiger partial charge < -0.3 is 10.2 Å². The minimum Gasteiger partial charge on any atom is -0.317 e. The number of piperidine rings is 1. The molecule has 110 valence electrons. The Bertz CT molecular complexity index is 190. The van der Waals surface area contributed by atoms with Crippen LogP contribution in [0.4, 0.5) is 0 Å². The van der Waals surface area contributed by atoms with Crippen molar-refractivity contribution in [1.82, 2.24) is 10.2 Å². The molecular weight excluding hydrogens is 220 g/mol. The van der Waals surface area contributed by atoms with E-state index in [4.69, 9.17) is 0 Å². The summed E-state index contributed by atoms with van der Waals surface area (Å²) in [5.74, 6) is 0.802. The number of hydrogen-bond donors (Lipinski definition) is 1. The molecule has 1 rings (SSSR count). The Hall–Kier alpha value is -0.0800. The summed E-state index contributed by atoms with van der Waals surface area (Å²) in [7, 11) is 2.30. The highest BCUT2D eigenvalue weighted by Crippen LogP contribution is 2.28. The first-order valence-electron chi connectivity index (χ1n) is 7.82. The second-order valence-corrected chi connectivity index (χ2v) is 6.52. The monoisotopic (exact) mass is 256 g/mol. The van der Waals surface area contributed by atoms with Crippen LogP contribution in [0.3, 0.4) is 0 Å². The minimum absolute atomic E-state index is 0.453. The van der Waals surface area contributed by atoms with Gasteiger partial charge in [-0.2, -0.15) is 0 Å². The zero-order valence-electron chi connectivity index (χ0n) is 13.8. The summed E-state index contributed by atoms with van der Waals surface area (Å²) in [5, 5.41) is 3.43. The van der Waals surface area contributed by atoms with E-state index < -0.39 is 0 Å². The van der Waals surface area contributed by atoms with E-state index in [9.17, 15) is 0 Å². The predicted molar refractivity (Wildman–Crippen MR) is 83.1 cm³/mol. The Morgan fingerprint density at radius 3 is 2.11 bits per heavy atom. The van der Waals surface area contributed by atoms with Crippen molar-refractivity contribution in [3.05, 3.63) is 0 Å². The second kappa shape index (κ2) is 8.92. The van der Waals surface area contributed by atoms with E-state index >= 15 is 0 Å². The largest absolute Gasteiger partial charge is 0.317 e. The van der Waals surface area contributed by atoms with Gasteiger partial charge in [-0.05, 0) is 57.3 Å². The van der Waals surface area contributed by atoms with Crippen LogP contribution in [-0.4, -0.2) is 37.6 Å². The van der Waals surface area contributed by atoms with E-state index in [1.165, 1.54) is 38.9 Å². The Morgan fingerprint density at radius 1 is 1.17 bits per heavy atom. The van der Waals surface area contributed by atoms with Gasteiger partial charge in [-0.1, -0.05) is 41.5 Å². The molecule has 1 aliphatic rings. The molecule has 1 N–H and O–H groups in total. The van der Waals surface area contributed by atoms with Gasteiger partial charge in [0.2, 0.25) is 0 Å². The van der Waals surface area contributed by atoms with E-state index in [-0.39, 0.29) is 0 Å². The molecule has 0 bridgehead atoms. The van der Waals surface area contributed by atoms with Gasteiger partial charge in [0.25, 0.3) is 0 Å². The summed E-state index contributed by atoms with van der Waals surface area (Å²) in [6.07, 6.45) is 3.96. The van der Waals surface area contributed by atoms with E-state index in [1.807, 2.05) is 13.8 Å². The van der Waals surface area contributed by atoms with Gasteiger partial charge in [-0.3, -0.25) is 0 Å². The van der Waals surface area contributed by atoms with E-state index in [0.29, 0.717) is 5.41 Å². The molecule has 2 nitrogen and oxygen atoms in total. The molecule has 0 aromatic heterocycles. The third-order valence-electron chi connectivity index (χ3n) is 4.33. The first-order chi connectivity index (χ1) is 8.41. The molecule has 0 saturated carbocycles. The summed E-state index contributed by atoms with van der Waals surface area (Å²) in [6.45, 7) is 17.1. The number of hydrogen-bond acceptors (Lipinski definition) is 2. The molecule has 1 aliphatic heterocycles. The molecule has 1 saturated heterocycles. The van der Waals surface area contributed by atoms with Crippen LogP contribution < -0.4 is 5.32 Å². The fourth-order valence-corrected chi connectivity index (χ4v) is 2.26. The maximum Gasteiger partial charge on any atom is 0.0116 e. The van der Waals surface area contributed by atoms with Gasteiger partial charge in [-0.15, -0.1) is 0 Å². The highest BCUT2D eigenvalue weighted by Gasteiger charge is 2.22. The van der Waals surface area contributed by atoms with Crippen LogP contribution in [0.1, 0.15) is 60.8 Å². The zero-order chi connectivity index (χ0) is 14.2. The maximum absolute atomic E-state index is 3.43. The fraction of sp³-hybridized carbons (Fsp3) is 1.00. The molecule has 0 aromatic rings. The molecule has 0 radical (unpaired) electrons. The third-order valence-corrected chi connectivity index (χ3v) is 4.33. The zero-order valence-corrected chi connectivity index (χ0v) is 13.8. The van der Waals surface area contributed by atoms with Gasteiger partial charge in [0.15, 0.2) is 0 Å². The molecule has 1 atom stereocenters. The molecule has 1 unspecified atom stereocenters. The Balaban J connectivity index is 0.00000137. The third kappa shape index (κ3) is 6.75. The van der Waals surface area contributed by atoms with Crippen molar-refractivity contribution in [2.45, 2.75) is 66.8 Å². The van der Waals surface area contributed by atoms with Crippen molar-refractivity contribution in [3.63, 3.8) is 0 Å². The molecule has 0 amide bonds. The van der Waals surface area contributed by atoms with Crippen molar-refractivity contribution in [1.29, 1.82) is 0 Å². The lowest BCUT2D eigenvalue weighted by atomic mass is 9.80. The number of nitrogens with one attached hydrogen (secondary N) is 1. The van der Waals surface area contributed by atoms with Crippen LogP contribution >= 0.6 is 0 Å². The molecule has 0 spiro atoms. The topological polar surface area (TPSA) is 15.3 Å². The predicted octanol–water partition coefficient (Wildman–Crippen LogP) is 3.77. The molecular formula is C16H36N2. The number of nitrogens with zero attached hydrogens (tertiary/aromatic N) is 1. The lowest BCUT2D eigenvalue weighted by Crippen LogP contribution is -2.42. The average molecular weight is 256 g/mol. The Labute approximate surface area is 116 Å². The molecule has 2 heteroatoms. The first-order valence-corrected chi connectivity index (χ1v) is 7.82. The molecule has 1 heterocycles. The van der Waals surface area contributed by atoms with Crippen molar-refractivity contribution in [2.75, 3.05) is 26.7 Å². The minimum atomic E-state index is 0.453. The van der Waals surface area contributed by atoms with Gasteiger partial charge >= 0.3 is 0 Å². The Kier molecular flexibility index (Phi) is 8.89. The second-order valence-electron chi connectivity index (χ2n) is 6.52. The summed E-state index contributed by atoms with van der Waals surface area (Å²) in [5.41, 5.74) is 0.453. The standard InChI is InChI=1S/C14H30N2.C2H6/c1-12(14(2,3)4)8-11-16(5)13-6-9-15-10-7-13;1-2/h12-13,15H,6-11H2,1-5H3;1-2H3. The summed E-state index contributed by atoms with van der Waals surface area (Å²) >= 11 is 0. The van der Waals surface area contributed by atoms with E-state index in [1.54, 1.807) is 0 Å². The molecule has 0 aromatic carbocycles. The van der Waals surface area contributed by atoms with Crippen molar-refractivity contribution in [2.24, 2.45) is 11.3 Å². The van der Waals surface area contributed by atoms with Crippen LogP contribution in [0.25, 0.3) is 0 Å². The summed E-state index contributed by atoms with van der Waals surface area (Å²) in [6, 6.07) is 0.813. The molecule has 1 fully saturated rings. The first kappa shape index (κ1) is 17.9. The van der Waals surface area contributed by atoms with Crippen molar-refractivity contribution >= 4 is 0 Å². The van der Waals surface area contributed by atoms with Crippen LogP contribution in [0.15, 0.2) is 0 Å². The summed E-state index contributed by atoms with van der Waals surface area (Å²) < 4.78 is 0. The van der Waals surface area contributed by atoms with Gasteiger partial charge in [-0.25, -0.2) is 0 Å². The van der Waals surface area contributed by atoms with E-state index in [0.717, 1.165) is 12.0 Å². The highest BCUT2D eigenvalue weighted by molar-refractivity contribution is 4.77. The van der Waals surface area contributed by atoms with Crippen molar-refractivity contribution in [3.8, 4) is 0 Å². The van der Waals surface area contributed by atoms with Crippen molar-refractivity contribution < 1.29 is 0 Å². The van der Waals surface area contributed by atoms with Crippen LogP contribution in [0.2, 0.25) is 0 Å². The lowest BCUT2D eigenvalue weighted by Gasteiger charge is -2.34. The van der Waals surface area contributed by atoms with Gasteiger partial charge in [0.05, 0.1) is 0 Å². The quantitative estimate of drug-likeness (QED) is 0.824. The Morgan fingerprint density at radius 2 is 1.67 bits per heavy atom. The van der Waals surface area contributed by atoms with Crippen LogP contribution in [0, 0.1) is 11.3 Å². The van der Waals surface area contributed by atoms with Crippen LogP contribution in [0.5, 0.6) is 0 Å². The smallest absolute Gasteiger partial charge is 0.0116 e. The van der Waals surface area contributed by atoms with E-state index in [2.05, 4.69) is 45.0 Å². The fourth-order valence-electron chi connectivity index (χ4n) is 2.26. The lowest BCUT2D eigenvalue weighted by molar-refractivity contribution is 0.162. The summed E-state index contributed by atoms with van der Waals surface area (Å²) in [4.78, 5) is 2.57. The maximum atomic E-state index is 3.43. The highest BCUT2D eigenvalue weighted by atomic mass is 15.1. The SMILES string of the molecule is CC.CC(CCN(C)C1CCNCC1)C(C)(C)C. The average Bonchev–Trinajstić information content (AvgIpc) is 2.37. The van der Waals surface area contributed by atoms with Gasteiger partial charge in [0.1, 0.15) is 0 Å².